The van der Waals surface area contributed by atoms with E-state index in [2.05, 4.69) is 4.72 Å². The van der Waals surface area contributed by atoms with Gasteiger partial charge in [0, 0.05) is 37.4 Å². The maximum atomic E-state index is 12.8. The van der Waals surface area contributed by atoms with Crippen LogP contribution in [0.3, 0.4) is 0 Å². The molecule has 2 aromatic rings. The zero-order valence-electron chi connectivity index (χ0n) is 16.2. The average Bonchev–Trinajstić information content (AvgIpc) is 2.67. The molecule has 1 heterocycles. The van der Waals surface area contributed by atoms with E-state index in [1.165, 1.54) is 16.4 Å². The molecule has 0 bridgehead atoms. The van der Waals surface area contributed by atoms with E-state index in [1.807, 2.05) is 6.92 Å². The maximum absolute atomic E-state index is 12.8. The topological polar surface area (TPSA) is 104 Å². The summed E-state index contributed by atoms with van der Waals surface area (Å²) in [6.45, 7) is 2.90. The van der Waals surface area contributed by atoms with Crippen LogP contribution in [0.1, 0.15) is 15.9 Å². The van der Waals surface area contributed by atoms with Crippen LogP contribution in [0.4, 0.5) is 5.69 Å². The lowest BCUT2D eigenvalue weighted by Crippen LogP contribution is -2.50. The molecule has 0 atom stereocenters. The summed E-state index contributed by atoms with van der Waals surface area (Å²) >= 11 is 0. The molecular formula is C19H23N3O5S2. The van der Waals surface area contributed by atoms with Crippen LogP contribution in [0.25, 0.3) is 0 Å². The molecule has 1 amide bonds. The van der Waals surface area contributed by atoms with Gasteiger partial charge in [-0.3, -0.25) is 9.52 Å². The number of carbonyl (C=O) groups excluding carboxylic acids is 1. The highest BCUT2D eigenvalue weighted by atomic mass is 32.2. The number of carbonyl (C=O) groups is 1. The normalized spacial score (nSPS) is 15.9. The highest BCUT2D eigenvalue weighted by Gasteiger charge is 2.30. The van der Waals surface area contributed by atoms with Gasteiger partial charge in [-0.1, -0.05) is 17.7 Å². The Kier molecular flexibility index (Phi) is 5.97. The quantitative estimate of drug-likeness (QED) is 0.764. The second-order valence-electron chi connectivity index (χ2n) is 6.96. The number of piperazine rings is 1. The molecule has 8 nitrogen and oxygen atoms in total. The van der Waals surface area contributed by atoms with Crippen molar-refractivity contribution in [2.24, 2.45) is 0 Å². The lowest BCUT2D eigenvalue weighted by Gasteiger charge is -2.34. The third kappa shape index (κ3) is 5.14. The van der Waals surface area contributed by atoms with Crippen LogP contribution < -0.4 is 4.72 Å². The number of benzene rings is 2. The number of rotatable bonds is 5. The first-order valence-corrected chi connectivity index (χ1v) is 12.3. The predicted molar refractivity (Wildman–Crippen MR) is 111 cm³/mol. The molecule has 10 heteroatoms. The van der Waals surface area contributed by atoms with Crippen LogP contribution in [0.15, 0.2) is 53.4 Å². The molecule has 1 N–H and O–H groups in total. The molecule has 2 aromatic carbocycles. The molecule has 29 heavy (non-hydrogen) atoms. The van der Waals surface area contributed by atoms with E-state index in [0.717, 1.165) is 11.8 Å². The molecule has 0 spiro atoms. The van der Waals surface area contributed by atoms with Crippen molar-refractivity contribution in [1.29, 1.82) is 0 Å². The van der Waals surface area contributed by atoms with Crippen molar-refractivity contribution >= 4 is 31.6 Å². The van der Waals surface area contributed by atoms with Gasteiger partial charge in [-0.25, -0.2) is 16.8 Å². The molecule has 0 unspecified atom stereocenters. The third-order valence-electron chi connectivity index (χ3n) is 4.62. The minimum Gasteiger partial charge on any atom is -0.336 e. The van der Waals surface area contributed by atoms with E-state index < -0.39 is 20.0 Å². The van der Waals surface area contributed by atoms with E-state index in [0.29, 0.717) is 11.3 Å². The van der Waals surface area contributed by atoms with E-state index in [1.54, 1.807) is 41.3 Å². The zero-order valence-corrected chi connectivity index (χ0v) is 17.8. The fourth-order valence-electron chi connectivity index (χ4n) is 3.07. The largest absolute Gasteiger partial charge is 0.336 e. The first kappa shape index (κ1) is 21.3. The van der Waals surface area contributed by atoms with E-state index in [-0.39, 0.29) is 37.0 Å². The van der Waals surface area contributed by atoms with Crippen molar-refractivity contribution < 1.29 is 21.6 Å². The van der Waals surface area contributed by atoms with E-state index in [9.17, 15) is 21.6 Å². The zero-order chi connectivity index (χ0) is 21.2. The Morgan fingerprint density at radius 3 is 1.93 bits per heavy atom. The van der Waals surface area contributed by atoms with Crippen molar-refractivity contribution in [3.63, 3.8) is 0 Å². The average molecular weight is 438 g/mol. The summed E-state index contributed by atoms with van der Waals surface area (Å²) in [4.78, 5) is 14.5. The molecule has 1 fully saturated rings. The second kappa shape index (κ2) is 8.13. The summed E-state index contributed by atoms with van der Waals surface area (Å²) < 4.78 is 51.8. The van der Waals surface area contributed by atoms with Gasteiger partial charge in [0.1, 0.15) is 0 Å². The maximum Gasteiger partial charge on any atom is 0.253 e. The Bertz CT molecular complexity index is 1090. The summed E-state index contributed by atoms with van der Waals surface area (Å²) in [5, 5.41) is 0. The van der Waals surface area contributed by atoms with Crippen molar-refractivity contribution in [2.75, 3.05) is 37.2 Å². The number of hydrogen-bond acceptors (Lipinski definition) is 5. The van der Waals surface area contributed by atoms with Gasteiger partial charge in [0.05, 0.1) is 11.2 Å². The number of hydrogen-bond donors (Lipinski definition) is 1. The molecule has 0 aliphatic carbocycles. The van der Waals surface area contributed by atoms with Crippen LogP contribution in [0.2, 0.25) is 0 Å². The molecule has 156 valence electrons. The third-order valence-corrected chi connectivity index (χ3v) is 7.14. The van der Waals surface area contributed by atoms with Crippen molar-refractivity contribution in [2.45, 2.75) is 11.8 Å². The Morgan fingerprint density at radius 2 is 1.41 bits per heavy atom. The van der Waals surface area contributed by atoms with E-state index >= 15 is 0 Å². The first-order valence-electron chi connectivity index (χ1n) is 9.00. The Hall–Kier alpha value is -2.43. The fourth-order valence-corrected chi connectivity index (χ4v) is 5.05. The number of sulfonamides is 2. The fraction of sp³-hybridized carbons (Fsp3) is 0.316. The second-order valence-corrected chi connectivity index (χ2v) is 10.6. The SMILES string of the molecule is Cc1ccc(S(=O)(=O)N2CCN(C(=O)c3ccc(NS(C)(=O)=O)cc3)CC2)cc1. The minimum absolute atomic E-state index is 0.218. The monoisotopic (exact) mass is 437 g/mol. The van der Waals surface area contributed by atoms with Gasteiger partial charge in [-0.15, -0.1) is 0 Å². The van der Waals surface area contributed by atoms with Gasteiger partial charge in [0.25, 0.3) is 5.91 Å². The number of amides is 1. The highest BCUT2D eigenvalue weighted by molar-refractivity contribution is 7.92. The molecule has 1 aliphatic rings. The van der Waals surface area contributed by atoms with Crippen LogP contribution in [0.5, 0.6) is 0 Å². The lowest BCUT2D eigenvalue weighted by molar-refractivity contribution is 0.0698. The molecule has 1 aliphatic heterocycles. The minimum atomic E-state index is -3.59. The van der Waals surface area contributed by atoms with E-state index in [4.69, 9.17) is 0 Å². The van der Waals surface area contributed by atoms with Gasteiger partial charge in [-0.05, 0) is 43.3 Å². The number of anilines is 1. The summed E-state index contributed by atoms with van der Waals surface area (Å²) in [5.74, 6) is -0.219. The molecule has 0 radical (unpaired) electrons. The molecular weight excluding hydrogens is 414 g/mol. The van der Waals surface area contributed by atoms with Crippen LogP contribution in [0, 0.1) is 6.92 Å². The standard InChI is InChI=1S/C19H23N3O5S2/c1-15-3-9-18(10-4-15)29(26,27)22-13-11-21(12-14-22)19(23)16-5-7-17(8-6-16)20-28(2,24)25/h3-10,20H,11-14H2,1-2H3. The van der Waals surface area contributed by atoms with Crippen molar-refractivity contribution in [1.82, 2.24) is 9.21 Å². The summed E-state index contributed by atoms with van der Waals surface area (Å²) in [6.07, 6.45) is 1.05. The summed E-state index contributed by atoms with van der Waals surface area (Å²) in [7, 11) is -6.97. The van der Waals surface area contributed by atoms with Crippen molar-refractivity contribution in [3.8, 4) is 0 Å². The number of aryl methyl sites for hydroxylation is 1. The van der Waals surface area contributed by atoms with Gasteiger partial charge in [0.2, 0.25) is 20.0 Å². The van der Waals surface area contributed by atoms with Gasteiger partial charge in [-0.2, -0.15) is 4.31 Å². The molecule has 3 rings (SSSR count). The van der Waals surface area contributed by atoms with Gasteiger partial charge >= 0.3 is 0 Å². The first-order chi connectivity index (χ1) is 13.6. The Morgan fingerprint density at radius 1 is 0.862 bits per heavy atom. The Balaban J connectivity index is 1.64. The van der Waals surface area contributed by atoms with Crippen molar-refractivity contribution in [3.05, 3.63) is 59.7 Å². The summed E-state index contributed by atoms with van der Waals surface area (Å²) in [6, 6.07) is 12.8. The number of nitrogens with one attached hydrogen (secondary N) is 1. The highest BCUT2D eigenvalue weighted by Crippen LogP contribution is 2.19. The Labute approximate surface area is 171 Å². The van der Waals surface area contributed by atoms with Crippen LogP contribution in [-0.4, -0.2) is 64.4 Å². The van der Waals surface area contributed by atoms with Crippen LogP contribution >= 0.6 is 0 Å². The summed E-state index contributed by atoms with van der Waals surface area (Å²) in [5.41, 5.74) is 1.77. The molecule has 0 aromatic heterocycles. The van der Waals surface area contributed by atoms with Gasteiger partial charge < -0.3 is 4.90 Å². The molecule has 1 saturated heterocycles. The predicted octanol–water partition coefficient (Wildman–Crippen LogP) is 1.51. The van der Waals surface area contributed by atoms with Gasteiger partial charge in [0.15, 0.2) is 0 Å². The lowest BCUT2D eigenvalue weighted by atomic mass is 10.1. The smallest absolute Gasteiger partial charge is 0.253 e. The number of nitrogens with zero attached hydrogens (tertiary/aromatic N) is 2. The molecule has 0 saturated carbocycles. The van der Waals surface area contributed by atoms with Crippen LogP contribution in [-0.2, 0) is 20.0 Å².